The summed E-state index contributed by atoms with van der Waals surface area (Å²) in [5.41, 5.74) is 4.95. The van der Waals surface area contributed by atoms with Crippen LogP contribution in [0.25, 0.3) is 0 Å². The van der Waals surface area contributed by atoms with Crippen LogP contribution in [0.5, 0.6) is 11.5 Å². The van der Waals surface area contributed by atoms with Crippen molar-refractivity contribution in [2.45, 2.75) is 25.1 Å². The molecule has 2 heterocycles. The summed E-state index contributed by atoms with van der Waals surface area (Å²) in [6.07, 6.45) is -2.02. The van der Waals surface area contributed by atoms with Gasteiger partial charge in [-0.2, -0.15) is 0 Å². The lowest BCUT2D eigenvalue weighted by Gasteiger charge is -2.42. The summed E-state index contributed by atoms with van der Waals surface area (Å²) in [5.74, 6) is 1.28. The van der Waals surface area contributed by atoms with Crippen LogP contribution in [0.15, 0.2) is 18.2 Å². The van der Waals surface area contributed by atoms with Crippen molar-refractivity contribution >= 4 is 18.2 Å². The summed E-state index contributed by atoms with van der Waals surface area (Å²) in [4.78, 5) is 33.3. The van der Waals surface area contributed by atoms with Gasteiger partial charge in [-0.15, -0.1) is 0 Å². The number of ether oxygens (including phenoxy) is 4. The van der Waals surface area contributed by atoms with Gasteiger partial charge in [0.2, 0.25) is 5.91 Å². The normalized spacial score (nSPS) is 20.9. The Kier molecular flexibility index (Phi) is 6.10. The second-order valence-electron chi connectivity index (χ2n) is 5.54. The van der Waals surface area contributed by atoms with Crippen molar-refractivity contribution < 1.29 is 38.4 Å². The lowest BCUT2D eigenvalue weighted by Crippen LogP contribution is -2.58. The van der Waals surface area contributed by atoms with E-state index >= 15 is 0 Å². The van der Waals surface area contributed by atoms with E-state index in [1.54, 1.807) is 25.2 Å². The fourth-order valence-corrected chi connectivity index (χ4v) is 2.72. The predicted molar refractivity (Wildman–Crippen MR) is 86.9 cm³/mol. The average molecular weight is 368 g/mol. The maximum Gasteiger partial charge on any atom is 0.508 e. The molecule has 1 aromatic rings. The minimum Gasteiger partial charge on any atom is -0.493 e. The molecule has 0 bridgehead atoms. The molecule has 2 aliphatic heterocycles. The van der Waals surface area contributed by atoms with Gasteiger partial charge in [0.15, 0.2) is 17.6 Å². The van der Waals surface area contributed by atoms with Gasteiger partial charge >= 0.3 is 12.2 Å². The minimum absolute atomic E-state index is 0.0303. The number of rotatable bonds is 5. The number of benzene rings is 1. The molecule has 0 aliphatic carbocycles. The van der Waals surface area contributed by atoms with E-state index in [1.165, 1.54) is 0 Å². The number of carbonyl (C=O) groups excluding carboxylic acids is 2. The molecule has 2 atom stereocenters. The van der Waals surface area contributed by atoms with Crippen molar-refractivity contribution in [3.05, 3.63) is 23.8 Å². The molecule has 10 heteroatoms. The Morgan fingerprint density at radius 2 is 1.96 bits per heavy atom. The Morgan fingerprint density at radius 1 is 1.31 bits per heavy atom. The highest BCUT2D eigenvalue weighted by atomic mass is 16.8. The van der Waals surface area contributed by atoms with Crippen LogP contribution in [0.1, 0.15) is 12.0 Å². The van der Waals surface area contributed by atoms with Crippen LogP contribution in [0.4, 0.5) is 9.59 Å². The number of carboxylic acid groups (broad SMARTS) is 1. The molecule has 2 amide bonds. The molecule has 2 saturated heterocycles. The first-order valence-corrected chi connectivity index (χ1v) is 7.68. The third kappa shape index (κ3) is 4.47. The van der Waals surface area contributed by atoms with Gasteiger partial charge in [-0.25, -0.2) is 9.59 Å². The number of hydrogen-bond donors (Lipinski definition) is 2. The van der Waals surface area contributed by atoms with Crippen molar-refractivity contribution in [1.29, 1.82) is 0 Å². The molecule has 0 aromatic heterocycles. The van der Waals surface area contributed by atoms with Gasteiger partial charge in [0.05, 0.1) is 26.7 Å². The Hall–Kier alpha value is -3.17. The largest absolute Gasteiger partial charge is 0.508 e. The van der Waals surface area contributed by atoms with Crippen molar-refractivity contribution in [2.75, 3.05) is 20.8 Å². The van der Waals surface area contributed by atoms with Crippen molar-refractivity contribution in [3.8, 4) is 11.5 Å². The summed E-state index contributed by atoms with van der Waals surface area (Å²) in [7, 11) is 3.13. The fraction of sp³-hybridized carbons (Fsp3) is 0.438. The molecule has 1 aromatic carbocycles. The third-order valence-electron chi connectivity index (χ3n) is 3.95. The van der Waals surface area contributed by atoms with Crippen LogP contribution in [-0.4, -0.2) is 61.1 Å². The van der Waals surface area contributed by atoms with Crippen LogP contribution >= 0.6 is 0 Å². The van der Waals surface area contributed by atoms with Gasteiger partial charge in [0.25, 0.3) is 0 Å². The summed E-state index contributed by atoms with van der Waals surface area (Å²) >= 11 is 0. The smallest absolute Gasteiger partial charge is 0.493 e. The van der Waals surface area contributed by atoms with Gasteiger partial charge in [-0.3, -0.25) is 4.79 Å². The standard InChI is InChI=1S/C15H17NO6.CH3NO2/c1-19-11-4-3-9(5-12(11)20-2)7-16-10(6-14(16)17)13-8-21-15(18)22-13;2-1(3)4/h3-5,10,13H,6-8H2,1-2H3;2H2,(H,3,4)/t10-,13?;/m0./s1. The van der Waals surface area contributed by atoms with Crippen molar-refractivity contribution in [1.82, 2.24) is 4.90 Å². The first-order valence-electron chi connectivity index (χ1n) is 7.68. The van der Waals surface area contributed by atoms with E-state index in [0.717, 1.165) is 5.56 Å². The zero-order valence-corrected chi connectivity index (χ0v) is 14.3. The number of β-lactam (4-membered cyclic amide) rings is 1. The second kappa shape index (κ2) is 8.28. The van der Waals surface area contributed by atoms with Crippen LogP contribution in [0, 0.1) is 0 Å². The van der Waals surface area contributed by atoms with Crippen LogP contribution < -0.4 is 15.2 Å². The fourth-order valence-electron chi connectivity index (χ4n) is 2.72. The highest BCUT2D eigenvalue weighted by Crippen LogP contribution is 2.32. The van der Waals surface area contributed by atoms with Gasteiger partial charge < -0.3 is 34.7 Å². The minimum atomic E-state index is -1.33. The average Bonchev–Trinajstić information content (AvgIpc) is 3.02. The van der Waals surface area contributed by atoms with Gasteiger partial charge in [-0.1, -0.05) is 6.07 Å². The van der Waals surface area contributed by atoms with Crippen molar-refractivity contribution in [3.63, 3.8) is 0 Å². The number of methoxy groups -OCH3 is 2. The number of hydrogen-bond acceptors (Lipinski definition) is 7. The molecular formula is C16H20N2O8. The summed E-state index contributed by atoms with van der Waals surface area (Å²) < 4.78 is 20.3. The Bertz CT molecular complexity index is 689. The predicted octanol–water partition coefficient (Wildman–Crippen LogP) is 0.963. The van der Waals surface area contributed by atoms with Crippen molar-refractivity contribution in [2.24, 2.45) is 5.73 Å². The number of amides is 2. The molecule has 2 fully saturated rings. The van der Waals surface area contributed by atoms with E-state index in [1.807, 2.05) is 12.1 Å². The lowest BCUT2D eigenvalue weighted by molar-refractivity contribution is -0.152. The molecular weight excluding hydrogens is 348 g/mol. The first-order chi connectivity index (χ1) is 12.3. The molecule has 2 aliphatic rings. The van der Waals surface area contributed by atoms with Gasteiger partial charge in [0.1, 0.15) is 6.61 Å². The zero-order valence-electron chi connectivity index (χ0n) is 14.3. The highest BCUT2D eigenvalue weighted by molar-refractivity contribution is 5.83. The van der Waals surface area contributed by atoms with Gasteiger partial charge in [-0.05, 0) is 17.7 Å². The molecule has 3 rings (SSSR count). The summed E-state index contributed by atoms with van der Waals surface area (Å²) in [5, 5.41) is 7.19. The first kappa shape index (κ1) is 19.2. The SMILES string of the molecule is COc1ccc(CN2C(=O)C[C@H]2C2COC(=O)O2)cc1OC.NC(=O)O. The number of likely N-dealkylation sites (tertiary alicyclic amines) is 1. The van der Waals surface area contributed by atoms with E-state index < -0.39 is 12.2 Å². The lowest BCUT2D eigenvalue weighted by atomic mass is 9.95. The number of cyclic esters (lactones) is 2. The monoisotopic (exact) mass is 368 g/mol. The Morgan fingerprint density at radius 3 is 2.46 bits per heavy atom. The van der Waals surface area contributed by atoms with Crippen LogP contribution in [-0.2, 0) is 20.8 Å². The molecule has 3 N–H and O–H groups in total. The zero-order chi connectivity index (χ0) is 19.3. The molecule has 10 nitrogen and oxygen atoms in total. The van der Waals surface area contributed by atoms with Crippen LogP contribution in [0.2, 0.25) is 0 Å². The molecule has 26 heavy (non-hydrogen) atoms. The maximum absolute atomic E-state index is 11.8. The summed E-state index contributed by atoms with van der Waals surface area (Å²) in [6.45, 7) is 0.622. The van der Waals surface area contributed by atoms with E-state index in [4.69, 9.17) is 28.8 Å². The van der Waals surface area contributed by atoms with E-state index in [2.05, 4.69) is 5.73 Å². The topological polar surface area (TPSA) is 138 Å². The third-order valence-corrected chi connectivity index (χ3v) is 3.95. The van der Waals surface area contributed by atoms with E-state index in [9.17, 15) is 9.59 Å². The Labute approximate surface area is 149 Å². The second-order valence-corrected chi connectivity index (χ2v) is 5.54. The molecule has 0 radical (unpaired) electrons. The molecule has 0 saturated carbocycles. The quantitative estimate of drug-likeness (QED) is 0.579. The van der Waals surface area contributed by atoms with E-state index in [0.29, 0.717) is 24.5 Å². The number of carbonyl (C=O) groups is 3. The number of nitrogens with zero attached hydrogens (tertiary/aromatic N) is 1. The number of nitrogens with two attached hydrogens (primary N) is 1. The number of primary amides is 1. The molecule has 1 unspecified atom stereocenters. The maximum atomic E-state index is 11.8. The highest BCUT2D eigenvalue weighted by Gasteiger charge is 2.46. The molecule has 142 valence electrons. The Balaban J connectivity index is 0.000000552. The summed E-state index contributed by atoms with van der Waals surface area (Å²) in [6, 6.07) is 5.37. The van der Waals surface area contributed by atoms with E-state index in [-0.39, 0.29) is 24.7 Å². The van der Waals surface area contributed by atoms with Gasteiger partial charge in [0, 0.05) is 6.54 Å². The van der Waals surface area contributed by atoms with Crippen LogP contribution in [0.3, 0.4) is 0 Å². The molecule has 0 spiro atoms.